The highest BCUT2D eigenvalue weighted by Gasteiger charge is 2.18. The summed E-state index contributed by atoms with van der Waals surface area (Å²) in [4.78, 5) is 24.0. The van der Waals surface area contributed by atoms with E-state index < -0.39 is 11.9 Å². The Bertz CT molecular complexity index is 539. The molecule has 2 unspecified atom stereocenters. The van der Waals surface area contributed by atoms with E-state index in [2.05, 4.69) is 5.32 Å². The van der Waals surface area contributed by atoms with Crippen molar-refractivity contribution in [3.8, 4) is 5.75 Å². The van der Waals surface area contributed by atoms with Crippen molar-refractivity contribution in [2.45, 2.75) is 26.4 Å². The number of urea groups is 1. The molecule has 0 saturated carbocycles. The Morgan fingerprint density at radius 1 is 1.43 bits per heavy atom. The SMILES string of the molecule is CCC(CNC(=O)N(C)CC(C)C(=O)O)Oc1cccc(F)c1. The molecule has 0 aliphatic carbocycles. The Balaban J connectivity index is 2.47. The molecular weight excluding hydrogens is 303 g/mol. The maximum absolute atomic E-state index is 13.1. The van der Waals surface area contributed by atoms with Gasteiger partial charge in [-0.2, -0.15) is 0 Å². The molecule has 128 valence electrons. The molecule has 0 saturated heterocycles. The molecule has 0 aromatic heterocycles. The van der Waals surface area contributed by atoms with E-state index in [1.807, 2.05) is 6.92 Å². The zero-order valence-corrected chi connectivity index (χ0v) is 13.6. The number of carboxylic acid groups (broad SMARTS) is 1. The van der Waals surface area contributed by atoms with E-state index in [0.717, 1.165) is 0 Å². The Labute approximate surface area is 135 Å². The third kappa shape index (κ3) is 6.54. The molecule has 0 aliphatic heterocycles. The number of nitrogens with one attached hydrogen (secondary N) is 1. The minimum atomic E-state index is -0.953. The lowest BCUT2D eigenvalue weighted by Gasteiger charge is -2.23. The molecule has 2 amide bonds. The van der Waals surface area contributed by atoms with Crippen molar-refractivity contribution in [3.05, 3.63) is 30.1 Å². The average Bonchev–Trinajstić information content (AvgIpc) is 2.50. The highest BCUT2D eigenvalue weighted by Crippen LogP contribution is 2.14. The number of hydrogen-bond acceptors (Lipinski definition) is 3. The number of hydrogen-bond donors (Lipinski definition) is 2. The number of carbonyl (C=O) groups excluding carboxylic acids is 1. The second-order valence-corrected chi connectivity index (χ2v) is 5.41. The number of amides is 2. The fourth-order valence-corrected chi connectivity index (χ4v) is 1.91. The summed E-state index contributed by atoms with van der Waals surface area (Å²) in [5.41, 5.74) is 0. The smallest absolute Gasteiger partial charge is 0.317 e. The first-order chi connectivity index (χ1) is 10.8. The van der Waals surface area contributed by atoms with Gasteiger partial charge < -0.3 is 20.1 Å². The van der Waals surface area contributed by atoms with Gasteiger partial charge in [0.15, 0.2) is 0 Å². The first kappa shape index (κ1) is 18.7. The van der Waals surface area contributed by atoms with Crippen molar-refractivity contribution < 1.29 is 23.8 Å². The zero-order chi connectivity index (χ0) is 17.4. The third-order valence-electron chi connectivity index (χ3n) is 3.35. The quantitative estimate of drug-likeness (QED) is 0.768. The number of rotatable bonds is 8. The van der Waals surface area contributed by atoms with Gasteiger partial charge in [-0.1, -0.05) is 19.9 Å². The summed E-state index contributed by atoms with van der Waals surface area (Å²) >= 11 is 0. The minimum Gasteiger partial charge on any atom is -0.489 e. The molecule has 23 heavy (non-hydrogen) atoms. The number of aliphatic carboxylic acids is 1. The van der Waals surface area contributed by atoms with Gasteiger partial charge in [0.2, 0.25) is 0 Å². The van der Waals surface area contributed by atoms with Crippen molar-refractivity contribution >= 4 is 12.0 Å². The van der Waals surface area contributed by atoms with Gasteiger partial charge in [0.1, 0.15) is 17.7 Å². The van der Waals surface area contributed by atoms with E-state index in [1.54, 1.807) is 12.1 Å². The second kappa shape index (κ2) is 8.97. The summed E-state index contributed by atoms with van der Waals surface area (Å²) in [5, 5.41) is 11.5. The van der Waals surface area contributed by atoms with Crippen LogP contribution in [-0.2, 0) is 4.79 Å². The number of nitrogens with zero attached hydrogens (tertiary/aromatic N) is 1. The first-order valence-corrected chi connectivity index (χ1v) is 7.47. The molecule has 0 heterocycles. The van der Waals surface area contributed by atoms with Crippen molar-refractivity contribution in [1.82, 2.24) is 10.2 Å². The van der Waals surface area contributed by atoms with E-state index in [1.165, 1.54) is 31.0 Å². The zero-order valence-electron chi connectivity index (χ0n) is 13.6. The third-order valence-corrected chi connectivity index (χ3v) is 3.35. The summed E-state index contributed by atoms with van der Waals surface area (Å²) in [6.45, 7) is 3.79. The normalized spacial score (nSPS) is 13.0. The topological polar surface area (TPSA) is 78.9 Å². The molecule has 2 N–H and O–H groups in total. The molecule has 1 rings (SSSR count). The highest BCUT2D eigenvalue weighted by atomic mass is 19.1. The van der Waals surface area contributed by atoms with Crippen LogP contribution in [0.2, 0.25) is 0 Å². The molecule has 0 radical (unpaired) electrons. The highest BCUT2D eigenvalue weighted by molar-refractivity contribution is 5.75. The molecule has 0 aliphatic rings. The van der Waals surface area contributed by atoms with E-state index in [-0.39, 0.29) is 31.0 Å². The van der Waals surface area contributed by atoms with Crippen LogP contribution < -0.4 is 10.1 Å². The minimum absolute atomic E-state index is 0.114. The molecule has 0 bridgehead atoms. The molecular formula is C16H23FN2O4. The Hall–Kier alpha value is -2.31. The van der Waals surface area contributed by atoms with Crippen LogP contribution in [0.5, 0.6) is 5.75 Å². The van der Waals surface area contributed by atoms with Gasteiger partial charge in [-0.25, -0.2) is 9.18 Å². The Kier molecular flexibility index (Phi) is 7.31. The Morgan fingerprint density at radius 3 is 2.70 bits per heavy atom. The monoisotopic (exact) mass is 326 g/mol. The lowest BCUT2D eigenvalue weighted by atomic mass is 10.2. The van der Waals surface area contributed by atoms with Gasteiger partial charge in [0.25, 0.3) is 0 Å². The van der Waals surface area contributed by atoms with E-state index in [9.17, 15) is 14.0 Å². The van der Waals surface area contributed by atoms with E-state index >= 15 is 0 Å². The van der Waals surface area contributed by atoms with Crippen LogP contribution in [-0.4, -0.2) is 48.2 Å². The van der Waals surface area contributed by atoms with Gasteiger partial charge in [0, 0.05) is 19.7 Å². The maximum atomic E-state index is 13.1. The summed E-state index contributed by atoms with van der Waals surface area (Å²) in [6, 6.07) is 5.43. The number of carboxylic acids is 1. The van der Waals surface area contributed by atoms with Crippen LogP contribution in [0.15, 0.2) is 24.3 Å². The van der Waals surface area contributed by atoms with Crippen molar-refractivity contribution in [3.63, 3.8) is 0 Å². The van der Waals surface area contributed by atoms with Crippen LogP contribution in [0.4, 0.5) is 9.18 Å². The van der Waals surface area contributed by atoms with E-state index in [4.69, 9.17) is 9.84 Å². The van der Waals surface area contributed by atoms with Crippen molar-refractivity contribution in [2.75, 3.05) is 20.1 Å². The molecule has 2 atom stereocenters. The van der Waals surface area contributed by atoms with E-state index in [0.29, 0.717) is 12.2 Å². The van der Waals surface area contributed by atoms with Gasteiger partial charge in [-0.15, -0.1) is 0 Å². The molecule has 0 spiro atoms. The number of carbonyl (C=O) groups is 2. The van der Waals surface area contributed by atoms with Crippen LogP contribution in [0.1, 0.15) is 20.3 Å². The number of benzene rings is 1. The second-order valence-electron chi connectivity index (χ2n) is 5.41. The van der Waals surface area contributed by atoms with Crippen LogP contribution in [0, 0.1) is 11.7 Å². The molecule has 1 aromatic rings. The Morgan fingerprint density at radius 2 is 2.13 bits per heavy atom. The molecule has 6 nitrogen and oxygen atoms in total. The maximum Gasteiger partial charge on any atom is 0.317 e. The van der Waals surface area contributed by atoms with Gasteiger partial charge in [-0.3, -0.25) is 4.79 Å². The largest absolute Gasteiger partial charge is 0.489 e. The molecule has 0 fully saturated rings. The standard InChI is InChI=1S/C16H23FN2O4/c1-4-13(23-14-7-5-6-12(17)8-14)9-18-16(22)19(3)10-11(2)15(20)21/h5-8,11,13H,4,9-10H2,1-3H3,(H,18,22)(H,20,21). The summed E-state index contributed by atoms with van der Waals surface area (Å²) in [5.74, 6) is -1.58. The van der Waals surface area contributed by atoms with Crippen LogP contribution in [0.25, 0.3) is 0 Å². The van der Waals surface area contributed by atoms with Crippen molar-refractivity contribution in [2.24, 2.45) is 5.92 Å². The molecule has 7 heteroatoms. The van der Waals surface area contributed by atoms with Gasteiger partial charge >= 0.3 is 12.0 Å². The summed E-state index contributed by atoms with van der Waals surface area (Å²) in [6.07, 6.45) is 0.331. The lowest BCUT2D eigenvalue weighted by molar-refractivity contribution is -0.141. The van der Waals surface area contributed by atoms with Crippen LogP contribution >= 0.6 is 0 Å². The molecule has 1 aromatic carbocycles. The predicted molar refractivity (Wildman–Crippen MR) is 83.9 cm³/mol. The number of ether oxygens (including phenoxy) is 1. The number of halogens is 1. The first-order valence-electron chi connectivity index (χ1n) is 7.47. The summed E-state index contributed by atoms with van der Waals surface area (Å²) < 4.78 is 18.8. The van der Waals surface area contributed by atoms with Gasteiger partial charge in [-0.05, 0) is 18.6 Å². The predicted octanol–water partition coefficient (Wildman–Crippen LogP) is 2.35. The average molecular weight is 326 g/mol. The van der Waals surface area contributed by atoms with Crippen molar-refractivity contribution in [1.29, 1.82) is 0 Å². The fraction of sp³-hybridized carbons (Fsp3) is 0.500. The summed E-state index contributed by atoms with van der Waals surface area (Å²) in [7, 11) is 1.53. The lowest BCUT2D eigenvalue weighted by Crippen LogP contribution is -2.44. The fourth-order valence-electron chi connectivity index (χ4n) is 1.91. The van der Waals surface area contributed by atoms with Gasteiger partial charge in [0.05, 0.1) is 12.5 Å². The van der Waals surface area contributed by atoms with Crippen LogP contribution in [0.3, 0.4) is 0 Å².